The Balaban J connectivity index is 2.31. The molecule has 0 aromatic carbocycles. The minimum atomic E-state index is -3.98. The number of nitrogens with zero attached hydrogens (tertiary/aromatic N) is 2. The summed E-state index contributed by atoms with van der Waals surface area (Å²) in [5.74, 6) is -1.41. The number of halogens is 1. The van der Waals surface area contributed by atoms with Crippen molar-refractivity contribution in [1.29, 1.82) is 0 Å². The van der Waals surface area contributed by atoms with E-state index >= 15 is 0 Å². The third-order valence-corrected chi connectivity index (χ3v) is 3.86. The van der Waals surface area contributed by atoms with Crippen LogP contribution < -0.4 is 4.72 Å². The Bertz CT molecular complexity index is 727. The zero-order valence-electron chi connectivity index (χ0n) is 9.16. The van der Waals surface area contributed by atoms with E-state index < -0.39 is 16.0 Å². The van der Waals surface area contributed by atoms with Crippen LogP contribution in [0.5, 0.6) is 0 Å². The van der Waals surface area contributed by atoms with Crippen LogP contribution in [0.4, 0.5) is 5.82 Å². The monoisotopic (exact) mass is 302 g/mol. The van der Waals surface area contributed by atoms with Crippen LogP contribution in [0.15, 0.2) is 29.3 Å². The van der Waals surface area contributed by atoms with Gasteiger partial charge in [-0.2, -0.15) is 5.10 Å². The van der Waals surface area contributed by atoms with E-state index in [0.717, 1.165) is 6.07 Å². The number of nitrogens with one attached hydrogen (secondary N) is 2. The number of hydrogen-bond donors (Lipinski definition) is 3. The van der Waals surface area contributed by atoms with Gasteiger partial charge in [-0.1, -0.05) is 11.6 Å². The van der Waals surface area contributed by atoms with Crippen molar-refractivity contribution < 1.29 is 18.3 Å². The van der Waals surface area contributed by atoms with Gasteiger partial charge in [0.25, 0.3) is 10.0 Å². The van der Waals surface area contributed by atoms with E-state index in [1.165, 1.54) is 18.3 Å². The van der Waals surface area contributed by atoms with Gasteiger partial charge in [-0.15, -0.1) is 0 Å². The van der Waals surface area contributed by atoms with E-state index in [0.29, 0.717) is 0 Å². The molecular formula is C9H7ClN4O4S. The number of sulfonamides is 1. The lowest BCUT2D eigenvalue weighted by Crippen LogP contribution is -2.14. The van der Waals surface area contributed by atoms with Crippen molar-refractivity contribution in [2.75, 3.05) is 4.72 Å². The molecule has 8 nitrogen and oxygen atoms in total. The molecule has 2 aromatic heterocycles. The lowest BCUT2D eigenvalue weighted by Gasteiger charge is -2.05. The van der Waals surface area contributed by atoms with Gasteiger partial charge >= 0.3 is 5.97 Å². The summed E-state index contributed by atoms with van der Waals surface area (Å²) in [5, 5.41) is 14.2. The summed E-state index contributed by atoms with van der Waals surface area (Å²) in [5.41, 5.74) is -0.241. The standard InChI is InChI=1S/C9H7ClN4O4S/c10-8-6(2-1-3-11-8)19(17,18)14-7-4-5(9(15)16)12-13-7/h1-4H,(H,15,16)(H2,12,13,14). The third-order valence-electron chi connectivity index (χ3n) is 2.06. The van der Waals surface area contributed by atoms with Gasteiger partial charge in [0.15, 0.2) is 5.82 Å². The first kappa shape index (κ1) is 13.3. The second kappa shape index (κ2) is 4.86. The van der Waals surface area contributed by atoms with Crippen molar-refractivity contribution in [1.82, 2.24) is 15.2 Å². The van der Waals surface area contributed by atoms with E-state index in [-0.39, 0.29) is 21.6 Å². The maximum atomic E-state index is 12.0. The predicted octanol–water partition coefficient (Wildman–Crippen LogP) is 0.957. The number of pyridine rings is 1. The number of aromatic carboxylic acids is 1. The molecule has 0 aliphatic rings. The number of aromatic nitrogens is 3. The van der Waals surface area contributed by atoms with Crippen molar-refractivity contribution in [2.24, 2.45) is 0 Å². The molecule has 0 unspecified atom stereocenters. The van der Waals surface area contributed by atoms with Crippen molar-refractivity contribution in [3.05, 3.63) is 35.2 Å². The van der Waals surface area contributed by atoms with Crippen molar-refractivity contribution in [2.45, 2.75) is 4.90 Å². The van der Waals surface area contributed by atoms with Gasteiger partial charge < -0.3 is 5.11 Å². The lowest BCUT2D eigenvalue weighted by atomic mass is 10.4. The summed E-state index contributed by atoms with van der Waals surface area (Å²) in [6, 6.07) is 3.72. The van der Waals surface area contributed by atoms with Crippen LogP contribution in [0.3, 0.4) is 0 Å². The Morgan fingerprint density at radius 2 is 2.21 bits per heavy atom. The molecule has 0 amide bonds. The van der Waals surface area contributed by atoms with E-state index in [9.17, 15) is 13.2 Å². The molecule has 0 bridgehead atoms. The smallest absolute Gasteiger partial charge is 0.353 e. The molecule has 0 fully saturated rings. The van der Waals surface area contributed by atoms with Crippen LogP contribution >= 0.6 is 11.6 Å². The summed E-state index contributed by atoms with van der Waals surface area (Å²) in [6.45, 7) is 0. The molecule has 2 aromatic rings. The van der Waals surface area contributed by atoms with Crippen LogP contribution in [0.2, 0.25) is 5.15 Å². The van der Waals surface area contributed by atoms with Crippen LogP contribution in [-0.4, -0.2) is 34.7 Å². The fourth-order valence-corrected chi connectivity index (χ4v) is 2.69. The number of hydrogen-bond acceptors (Lipinski definition) is 5. The molecule has 0 radical (unpaired) electrons. The van der Waals surface area contributed by atoms with Crippen LogP contribution in [0, 0.1) is 0 Å². The summed E-state index contributed by atoms with van der Waals surface area (Å²) in [4.78, 5) is 14.0. The van der Waals surface area contributed by atoms with Gasteiger partial charge in [-0.05, 0) is 12.1 Å². The van der Waals surface area contributed by atoms with Crippen molar-refractivity contribution >= 4 is 33.4 Å². The third kappa shape index (κ3) is 2.83. The molecule has 0 aliphatic carbocycles. The van der Waals surface area contributed by atoms with E-state index in [1.54, 1.807) is 0 Å². The quantitative estimate of drug-likeness (QED) is 0.722. The normalized spacial score (nSPS) is 11.2. The molecule has 0 saturated carbocycles. The van der Waals surface area contributed by atoms with Crippen molar-refractivity contribution in [3.63, 3.8) is 0 Å². The Kier molecular flexibility index (Phi) is 3.40. The molecule has 0 spiro atoms. The second-order valence-corrected chi connectivity index (χ2v) is 5.38. The maximum absolute atomic E-state index is 12.0. The van der Waals surface area contributed by atoms with Gasteiger partial charge in [0.2, 0.25) is 0 Å². The summed E-state index contributed by atoms with van der Waals surface area (Å²) in [6.07, 6.45) is 1.35. The fourth-order valence-electron chi connectivity index (χ4n) is 1.25. The highest BCUT2D eigenvalue weighted by Crippen LogP contribution is 2.20. The van der Waals surface area contributed by atoms with Gasteiger partial charge in [0.1, 0.15) is 15.7 Å². The number of carbonyl (C=O) groups is 1. The summed E-state index contributed by atoms with van der Waals surface area (Å²) in [7, 11) is -3.98. The number of aromatic amines is 1. The molecule has 10 heteroatoms. The summed E-state index contributed by atoms with van der Waals surface area (Å²) >= 11 is 5.68. The number of rotatable bonds is 4. The van der Waals surface area contributed by atoms with E-state index in [2.05, 4.69) is 19.9 Å². The average Bonchev–Trinajstić information content (AvgIpc) is 2.77. The fraction of sp³-hybridized carbons (Fsp3) is 0. The number of carboxylic acid groups (broad SMARTS) is 1. The second-order valence-electron chi connectivity index (χ2n) is 3.37. The zero-order valence-corrected chi connectivity index (χ0v) is 10.7. The lowest BCUT2D eigenvalue weighted by molar-refractivity contribution is 0.0690. The molecule has 100 valence electrons. The molecule has 19 heavy (non-hydrogen) atoms. The Labute approximate surface area is 112 Å². The van der Waals surface area contributed by atoms with Gasteiger partial charge in [-0.25, -0.2) is 18.2 Å². The average molecular weight is 303 g/mol. The minimum Gasteiger partial charge on any atom is -0.477 e. The molecule has 0 atom stereocenters. The summed E-state index contributed by atoms with van der Waals surface area (Å²) < 4.78 is 26.0. The van der Waals surface area contributed by atoms with Gasteiger partial charge in [-0.3, -0.25) is 9.82 Å². The molecule has 2 rings (SSSR count). The Morgan fingerprint density at radius 1 is 1.47 bits per heavy atom. The molecule has 3 N–H and O–H groups in total. The Morgan fingerprint density at radius 3 is 2.79 bits per heavy atom. The van der Waals surface area contributed by atoms with Gasteiger partial charge in [0.05, 0.1) is 0 Å². The minimum absolute atomic E-state index is 0.155. The highest BCUT2D eigenvalue weighted by atomic mass is 35.5. The Hall–Kier alpha value is -2.13. The highest BCUT2D eigenvalue weighted by molar-refractivity contribution is 7.92. The van der Waals surface area contributed by atoms with Gasteiger partial charge in [0, 0.05) is 12.3 Å². The zero-order chi connectivity index (χ0) is 14.0. The van der Waals surface area contributed by atoms with E-state index in [4.69, 9.17) is 16.7 Å². The maximum Gasteiger partial charge on any atom is 0.353 e. The molecule has 0 saturated heterocycles. The SMILES string of the molecule is O=C(O)c1cc(NS(=O)(=O)c2cccnc2Cl)n[nH]1. The molecular weight excluding hydrogens is 296 g/mol. The predicted molar refractivity (Wildman–Crippen MR) is 65.6 cm³/mol. The van der Waals surface area contributed by atoms with Crippen LogP contribution in [0.1, 0.15) is 10.5 Å². The first-order chi connectivity index (χ1) is 8.90. The van der Waals surface area contributed by atoms with Crippen molar-refractivity contribution in [3.8, 4) is 0 Å². The highest BCUT2D eigenvalue weighted by Gasteiger charge is 2.20. The first-order valence-corrected chi connectivity index (χ1v) is 6.68. The number of carboxylic acids is 1. The number of anilines is 1. The molecule has 2 heterocycles. The number of H-pyrrole nitrogens is 1. The van der Waals surface area contributed by atoms with Crippen LogP contribution in [0.25, 0.3) is 0 Å². The molecule has 0 aliphatic heterocycles. The topological polar surface area (TPSA) is 125 Å². The van der Waals surface area contributed by atoms with E-state index in [1.807, 2.05) is 0 Å². The first-order valence-electron chi connectivity index (χ1n) is 4.82. The largest absolute Gasteiger partial charge is 0.477 e. The van der Waals surface area contributed by atoms with Crippen LogP contribution in [-0.2, 0) is 10.0 Å².